The molecule has 1 aromatic carbocycles. The van der Waals surface area contributed by atoms with Crippen molar-refractivity contribution in [1.82, 2.24) is 0 Å². The molecule has 1 unspecified atom stereocenters. The molecule has 0 bridgehead atoms. The SMILES string of the molecule is CC(S)c1cc(C(F)(F)F)ccc1F. The Labute approximate surface area is 84.3 Å². The molecule has 0 fully saturated rings. The van der Waals surface area contributed by atoms with Crippen molar-refractivity contribution in [2.24, 2.45) is 0 Å². The normalized spacial score (nSPS) is 14.1. The molecule has 5 heteroatoms. The fourth-order valence-electron chi connectivity index (χ4n) is 1.04. The van der Waals surface area contributed by atoms with E-state index < -0.39 is 22.8 Å². The summed E-state index contributed by atoms with van der Waals surface area (Å²) < 4.78 is 49.6. The van der Waals surface area contributed by atoms with Crippen LogP contribution < -0.4 is 0 Å². The second-order valence-corrected chi connectivity index (χ2v) is 3.68. The van der Waals surface area contributed by atoms with Crippen molar-refractivity contribution in [2.75, 3.05) is 0 Å². The van der Waals surface area contributed by atoms with Gasteiger partial charge in [-0.3, -0.25) is 0 Å². The summed E-state index contributed by atoms with van der Waals surface area (Å²) in [4.78, 5) is 0. The Morgan fingerprint density at radius 2 is 1.86 bits per heavy atom. The molecule has 0 aliphatic heterocycles. The summed E-state index contributed by atoms with van der Waals surface area (Å²) in [6, 6.07) is 2.31. The first kappa shape index (κ1) is 11.4. The van der Waals surface area contributed by atoms with E-state index >= 15 is 0 Å². The predicted molar refractivity (Wildman–Crippen MR) is 48.8 cm³/mol. The van der Waals surface area contributed by atoms with Crippen LogP contribution in [0.5, 0.6) is 0 Å². The molecule has 78 valence electrons. The van der Waals surface area contributed by atoms with E-state index in [1.165, 1.54) is 6.92 Å². The lowest BCUT2D eigenvalue weighted by molar-refractivity contribution is -0.137. The minimum absolute atomic E-state index is 0.0387. The predicted octanol–water partition coefficient (Wildman–Crippen LogP) is 3.84. The molecule has 0 nitrogen and oxygen atoms in total. The van der Waals surface area contributed by atoms with E-state index in [9.17, 15) is 17.6 Å². The molecule has 0 radical (unpaired) electrons. The standard InChI is InChI=1S/C9H8F4S/c1-5(14)7-4-6(9(11,12)13)2-3-8(7)10/h2-5,14H,1H3. The van der Waals surface area contributed by atoms with Crippen LogP contribution in [0.1, 0.15) is 23.3 Å². The Bertz CT molecular complexity index is 330. The molecule has 0 aliphatic carbocycles. The van der Waals surface area contributed by atoms with Crippen molar-refractivity contribution < 1.29 is 17.6 Å². The summed E-state index contributed by atoms with van der Waals surface area (Å²) in [5, 5.41) is -0.558. The topological polar surface area (TPSA) is 0 Å². The van der Waals surface area contributed by atoms with Crippen LogP contribution in [0.3, 0.4) is 0 Å². The van der Waals surface area contributed by atoms with Crippen LogP contribution in [0.2, 0.25) is 0 Å². The molecule has 0 spiro atoms. The van der Waals surface area contributed by atoms with E-state index in [0.717, 1.165) is 18.2 Å². The van der Waals surface area contributed by atoms with Gasteiger partial charge in [0.25, 0.3) is 0 Å². The molecule has 1 rings (SSSR count). The number of thiol groups is 1. The maximum absolute atomic E-state index is 13.0. The maximum Gasteiger partial charge on any atom is 0.416 e. The van der Waals surface area contributed by atoms with E-state index in [4.69, 9.17) is 0 Å². The van der Waals surface area contributed by atoms with Gasteiger partial charge in [-0.2, -0.15) is 25.8 Å². The molecule has 1 atom stereocenters. The van der Waals surface area contributed by atoms with Gasteiger partial charge in [-0.1, -0.05) is 0 Å². The van der Waals surface area contributed by atoms with Crippen molar-refractivity contribution in [2.45, 2.75) is 18.3 Å². The smallest absolute Gasteiger partial charge is 0.207 e. The zero-order valence-corrected chi connectivity index (χ0v) is 8.16. The fourth-order valence-corrected chi connectivity index (χ4v) is 1.24. The number of halogens is 4. The molecule has 0 aliphatic rings. The number of rotatable bonds is 1. The monoisotopic (exact) mass is 224 g/mol. The van der Waals surface area contributed by atoms with E-state index in [2.05, 4.69) is 12.6 Å². The van der Waals surface area contributed by atoms with Gasteiger partial charge >= 0.3 is 6.18 Å². The Hall–Kier alpha value is -0.710. The van der Waals surface area contributed by atoms with Crippen molar-refractivity contribution in [1.29, 1.82) is 0 Å². The van der Waals surface area contributed by atoms with Gasteiger partial charge < -0.3 is 0 Å². The van der Waals surface area contributed by atoms with Gasteiger partial charge in [0.2, 0.25) is 0 Å². The summed E-state index contributed by atoms with van der Waals surface area (Å²) in [6.07, 6.45) is -4.44. The van der Waals surface area contributed by atoms with Gasteiger partial charge in [-0.15, -0.1) is 0 Å². The summed E-state index contributed by atoms with van der Waals surface area (Å²) in [5.41, 5.74) is -0.891. The number of hydrogen-bond donors (Lipinski definition) is 1. The Morgan fingerprint density at radius 1 is 1.29 bits per heavy atom. The highest BCUT2D eigenvalue weighted by Gasteiger charge is 2.31. The van der Waals surface area contributed by atoms with Gasteiger partial charge in [0.15, 0.2) is 0 Å². The molecule has 14 heavy (non-hydrogen) atoms. The van der Waals surface area contributed by atoms with Crippen LogP contribution >= 0.6 is 12.6 Å². The van der Waals surface area contributed by atoms with Crippen molar-refractivity contribution in [3.63, 3.8) is 0 Å². The van der Waals surface area contributed by atoms with E-state index in [0.29, 0.717) is 0 Å². The lowest BCUT2D eigenvalue weighted by Crippen LogP contribution is -2.06. The van der Waals surface area contributed by atoms with Crippen LogP contribution in [-0.4, -0.2) is 0 Å². The van der Waals surface area contributed by atoms with Crippen molar-refractivity contribution >= 4 is 12.6 Å². The molecular formula is C9H8F4S. The molecule has 0 heterocycles. The van der Waals surface area contributed by atoms with Crippen LogP contribution in [0, 0.1) is 5.82 Å². The van der Waals surface area contributed by atoms with Crippen LogP contribution in [0.15, 0.2) is 18.2 Å². The molecule has 0 amide bonds. The average Bonchev–Trinajstić information content (AvgIpc) is 2.02. The maximum atomic E-state index is 13.0. The van der Waals surface area contributed by atoms with Gasteiger partial charge in [0.1, 0.15) is 5.82 Å². The van der Waals surface area contributed by atoms with E-state index in [1.807, 2.05) is 0 Å². The van der Waals surface area contributed by atoms with Gasteiger partial charge in [-0.05, 0) is 25.1 Å². The van der Waals surface area contributed by atoms with Gasteiger partial charge in [-0.25, -0.2) is 4.39 Å². The second kappa shape index (κ2) is 3.81. The van der Waals surface area contributed by atoms with E-state index in [-0.39, 0.29) is 5.56 Å². The summed E-state index contributed by atoms with van der Waals surface area (Å²) in [6.45, 7) is 1.52. The third kappa shape index (κ3) is 2.41. The third-order valence-corrected chi connectivity index (χ3v) is 2.05. The number of alkyl halides is 3. The van der Waals surface area contributed by atoms with Gasteiger partial charge in [0.05, 0.1) is 5.56 Å². The summed E-state index contributed by atoms with van der Waals surface area (Å²) >= 11 is 3.89. The van der Waals surface area contributed by atoms with Crippen molar-refractivity contribution in [3.05, 3.63) is 35.1 Å². The minimum atomic E-state index is -4.44. The summed E-state index contributed by atoms with van der Waals surface area (Å²) in [5.74, 6) is -0.666. The summed E-state index contributed by atoms with van der Waals surface area (Å²) in [7, 11) is 0. The highest BCUT2D eigenvalue weighted by molar-refractivity contribution is 7.80. The lowest BCUT2D eigenvalue weighted by Gasteiger charge is -2.11. The van der Waals surface area contributed by atoms with Crippen LogP contribution in [-0.2, 0) is 6.18 Å². The van der Waals surface area contributed by atoms with Crippen LogP contribution in [0.4, 0.5) is 17.6 Å². The minimum Gasteiger partial charge on any atom is -0.207 e. The molecular weight excluding hydrogens is 216 g/mol. The van der Waals surface area contributed by atoms with E-state index in [1.54, 1.807) is 0 Å². The first-order valence-corrected chi connectivity index (χ1v) is 4.38. The van der Waals surface area contributed by atoms with Crippen LogP contribution in [0.25, 0.3) is 0 Å². The molecule has 0 aromatic heterocycles. The van der Waals surface area contributed by atoms with Crippen molar-refractivity contribution in [3.8, 4) is 0 Å². The molecule has 1 aromatic rings. The largest absolute Gasteiger partial charge is 0.416 e. The quantitative estimate of drug-likeness (QED) is 0.544. The second-order valence-electron chi connectivity index (χ2n) is 2.91. The third-order valence-electron chi connectivity index (χ3n) is 1.77. The molecule has 0 saturated carbocycles. The number of hydrogen-bond acceptors (Lipinski definition) is 1. The zero-order chi connectivity index (χ0) is 10.9. The van der Waals surface area contributed by atoms with Gasteiger partial charge in [0, 0.05) is 10.8 Å². The Balaban J connectivity index is 3.20. The lowest BCUT2D eigenvalue weighted by atomic mass is 10.1. The first-order valence-electron chi connectivity index (χ1n) is 3.87. The average molecular weight is 224 g/mol. The Kier molecular flexibility index (Phi) is 3.09. The number of benzene rings is 1. The highest BCUT2D eigenvalue weighted by Crippen LogP contribution is 2.32. The Morgan fingerprint density at radius 3 is 2.29 bits per heavy atom. The fraction of sp³-hybridized carbons (Fsp3) is 0.333. The first-order chi connectivity index (χ1) is 6.32. The zero-order valence-electron chi connectivity index (χ0n) is 7.27. The molecule has 0 saturated heterocycles. The highest BCUT2D eigenvalue weighted by atomic mass is 32.1. The molecule has 0 N–H and O–H groups in total.